The van der Waals surface area contributed by atoms with Gasteiger partial charge in [-0.1, -0.05) is 25.7 Å². The van der Waals surface area contributed by atoms with Crippen LogP contribution in [-0.4, -0.2) is 16.9 Å². The van der Waals surface area contributed by atoms with E-state index in [0.717, 1.165) is 19.0 Å². The predicted octanol–water partition coefficient (Wildman–Crippen LogP) is 4.16. The summed E-state index contributed by atoms with van der Waals surface area (Å²) in [4.78, 5) is 6.07. The molecule has 0 bridgehead atoms. The highest BCUT2D eigenvalue weighted by molar-refractivity contribution is 9.10. The highest BCUT2D eigenvalue weighted by Gasteiger charge is 2.27. The monoisotopic (exact) mass is 296 g/mol. The molecule has 1 fully saturated rings. The van der Waals surface area contributed by atoms with Gasteiger partial charge in [0.05, 0.1) is 0 Å². The fourth-order valence-corrected chi connectivity index (χ4v) is 4.12. The zero-order chi connectivity index (χ0) is 11.8. The Labute approximate surface area is 112 Å². The van der Waals surface area contributed by atoms with Crippen molar-refractivity contribution >= 4 is 15.9 Å². The van der Waals surface area contributed by atoms with Gasteiger partial charge < -0.3 is 4.98 Å². The van der Waals surface area contributed by atoms with Crippen LogP contribution in [0.25, 0.3) is 0 Å². The largest absolute Gasteiger partial charge is 0.360 e. The van der Waals surface area contributed by atoms with Crippen molar-refractivity contribution in [2.75, 3.05) is 7.05 Å². The lowest BCUT2D eigenvalue weighted by Gasteiger charge is -2.15. The Morgan fingerprint density at radius 3 is 2.47 bits per heavy atom. The molecule has 17 heavy (non-hydrogen) atoms. The number of nitrogens with zero attached hydrogens (tertiary/aromatic N) is 1. The number of aromatic nitrogens is 1. The second-order valence-electron chi connectivity index (χ2n) is 5.67. The van der Waals surface area contributed by atoms with Crippen molar-refractivity contribution in [3.63, 3.8) is 0 Å². The first-order valence-corrected chi connectivity index (χ1v) is 7.62. The zero-order valence-corrected chi connectivity index (χ0v) is 12.1. The first kappa shape index (κ1) is 11.8. The smallest absolute Gasteiger partial charge is 0.0433 e. The molecule has 94 valence electrons. The van der Waals surface area contributed by atoms with Gasteiger partial charge in [-0.3, -0.25) is 4.90 Å². The number of nitrogens with one attached hydrogen (secondary N) is 1. The third-order valence-corrected chi connectivity index (χ3v) is 5.18. The van der Waals surface area contributed by atoms with Crippen molar-refractivity contribution in [2.24, 2.45) is 0 Å². The Morgan fingerprint density at radius 1 is 1.12 bits per heavy atom. The topological polar surface area (TPSA) is 19.0 Å². The Balaban J connectivity index is 1.86. The summed E-state index contributed by atoms with van der Waals surface area (Å²) in [5.74, 6) is 0.766. The summed E-state index contributed by atoms with van der Waals surface area (Å²) in [6, 6.07) is 0. The van der Waals surface area contributed by atoms with Gasteiger partial charge in [0.15, 0.2) is 0 Å². The fraction of sp³-hybridized carbons (Fsp3) is 0.714. The van der Waals surface area contributed by atoms with Gasteiger partial charge >= 0.3 is 0 Å². The number of H-pyrrole nitrogens is 1. The van der Waals surface area contributed by atoms with Crippen LogP contribution in [0, 0.1) is 0 Å². The molecule has 1 saturated carbocycles. The van der Waals surface area contributed by atoms with Gasteiger partial charge in [-0.25, -0.2) is 0 Å². The van der Waals surface area contributed by atoms with Gasteiger partial charge in [0.25, 0.3) is 0 Å². The van der Waals surface area contributed by atoms with Crippen LogP contribution in [0.4, 0.5) is 0 Å². The molecule has 1 aliphatic heterocycles. The third kappa shape index (κ3) is 2.19. The predicted molar refractivity (Wildman–Crippen MR) is 74.1 cm³/mol. The minimum Gasteiger partial charge on any atom is -0.360 e. The number of fused-ring (bicyclic) bond motifs is 1. The molecule has 0 aromatic carbocycles. The Bertz CT molecular complexity index is 403. The maximum atomic E-state index is 3.83. The molecule has 1 N–H and O–H groups in total. The van der Waals surface area contributed by atoms with Crippen LogP contribution < -0.4 is 0 Å². The van der Waals surface area contributed by atoms with E-state index in [4.69, 9.17) is 0 Å². The Hall–Kier alpha value is -0.280. The second-order valence-corrected chi connectivity index (χ2v) is 6.46. The molecule has 0 unspecified atom stereocenters. The van der Waals surface area contributed by atoms with Crippen LogP contribution in [0.1, 0.15) is 61.4 Å². The SMILES string of the molecule is CN1Cc2[nH]c(C3CCCCCC3)c(Br)c2C1. The summed E-state index contributed by atoms with van der Waals surface area (Å²) in [6.07, 6.45) is 8.40. The van der Waals surface area contributed by atoms with E-state index in [1.807, 2.05) is 0 Å². The summed E-state index contributed by atoms with van der Waals surface area (Å²) < 4.78 is 1.38. The average Bonchev–Trinajstić information content (AvgIpc) is 2.68. The molecule has 3 rings (SSSR count). The van der Waals surface area contributed by atoms with Crippen LogP contribution in [0.15, 0.2) is 4.47 Å². The number of aromatic amines is 1. The van der Waals surface area contributed by atoms with Gasteiger partial charge in [0.2, 0.25) is 0 Å². The fourth-order valence-electron chi connectivity index (χ4n) is 3.33. The molecule has 3 heteroatoms. The van der Waals surface area contributed by atoms with Crippen LogP contribution in [-0.2, 0) is 13.1 Å². The highest BCUT2D eigenvalue weighted by Crippen LogP contribution is 2.39. The summed E-state index contributed by atoms with van der Waals surface area (Å²) in [5, 5.41) is 0. The van der Waals surface area contributed by atoms with E-state index in [9.17, 15) is 0 Å². The van der Waals surface area contributed by atoms with Crippen molar-refractivity contribution < 1.29 is 0 Å². The standard InChI is InChI=1S/C14H21BrN2/c1-17-8-11-12(9-17)16-14(13(11)15)10-6-4-2-3-5-7-10/h10,16H,2-9H2,1H3. The van der Waals surface area contributed by atoms with E-state index in [1.165, 1.54) is 59.9 Å². The van der Waals surface area contributed by atoms with Crippen molar-refractivity contribution in [3.05, 3.63) is 21.4 Å². The quantitative estimate of drug-likeness (QED) is 0.771. The van der Waals surface area contributed by atoms with Gasteiger partial charge in [0.1, 0.15) is 0 Å². The lowest BCUT2D eigenvalue weighted by molar-refractivity contribution is 0.348. The second kappa shape index (κ2) is 4.77. The molecule has 1 aliphatic carbocycles. The number of hydrogen-bond donors (Lipinski definition) is 1. The number of hydrogen-bond acceptors (Lipinski definition) is 1. The first-order valence-electron chi connectivity index (χ1n) is 6.83. The average molecular weight is 297 g/mol. The molecule has 2 heterocycles. The zero-order valence-electron chi connectivity index (χ0n) is 10.6. The third-order valence-electron chi connectivity index (χ3n) is 4.27. The Kier molecular flexibility index (Phi) is 3.31. The lowest BCUT2D eigenvalue weighted by Crippen LogP contribution is -2.10. The Morgan fingerprint density at radius 2 is 1.82 bits per heavy atom. The van der Waals surface area contributed by atoms with E-state index < -0.39 is 0 Å². The van der Waals surface area contributed by atoms with E-state index >= 15 is 0 Å². The van der Waals surface area contributed by atoms with Crippen molar-refractivity contribution in [3.8, 4) is 0 Å². The number of rotatable bonds is 1. The van der Waals surface area contributed by atoms with Gasteiger partial charge in [-0.2, -0.15) is 0 Å². The maximum absolute atomic E-state index is 3.83. The van der Waals surface area contributed by atoms with Crippen molar-refractivity contribution in [2.45, 2.75) is 57.5 Å². The summed E-state index contributed by atoms with van der Waals surface area (Å²) in [6.45, 7) is 2.18. The minimum atomic E-state index is 0.766. The minimum absolute atomic E-state index is 0.766. The molecule has 0 saturated heterocycles. The number of halogens is 1. The molecule has 0 radical (unpaired) electrons. The van der Waals surface area contributed by atoms with Gasteiger partial charge in [-0.15, -0.1) is 0 Å². The van der Waals surface area contributed by atoms with E-state index in [0.29, 0.717) is 0 Å². The molecule has 1 aromatic rings. The molecule has 2 aliphatic rings. The highest BCUT2D eigenvalue weighted by atomic mass is 79.9. The molecular weight excluding hydrogens is 276 g/mol. The molecular formula is C14H21BrN2. The maximum Gasteiger partial charge on any atom is 0.0433 e. The molecule has 0 atom stereocenters. The van der Waals surface area contributed by atoms with Crippen molar-refractivity contribution in [1.82, 2.24) is 9.88 Å². The first-order chi connectivity index (χ1) is 8.25. The molecule has 0 spiro atoms. The van der Waals surface area contributed by atoms with Crippen LogP contribution >= 0.6 is 15.9 Å². The normalized spacial score (nSPS) is 22.7. The van der Waals surface area contributed by atoms with Crippen molar-refractivity contribution in [1.29, 1.82) is 0 Å². The van der Waals surface area contributed by atoms with Crippen LogP contribution in [0.5, 0.6) is 0 Å². The lowest BCUT2D eigenvalue weighted by atomic mass is 9.96. The van der Waals surface area contributed by atoms with E-state index in [2.05, 4.69) is 32.9 Å². The van der Waals surface area contributed by atoms with Gasteiger partial charge in [-0.05, 0) is 35.8 Å². The van der Waals surface area contributed by atoms with Crippen LogP contribution in [0.3, 0.4) is 0 Å². The molecule has 0 amide bonds. The summed E-state index contributed by atoms with van der Waals surface area (Å²) >= 11 is 3.83. The van der Waals surface area contributed by atoms with E-state index in [1.54, 1.807) is 0 Å². The molecule has 1 aromatic heterocycles. The summed E-state index contributed by atoms with van der Waals surface area (Å²) in [7, 11) is 2.19. The van der Waals surface area contributed by atoms with Gasteiger partial charge in [0, 0.05) is 40.4 Å². The van der Waals surface area contributed by atoms with Crippen LogP contribution in [0.2, 0.25) is 0 Å². The van der Waals surface area contributed by atoms with E-state index in [-0.39, 0.29) is 0 Å². The summed E-state index contributed by atoms with van der Waals surface area (Å²) in [5.41, 5.74) is 4.44. The molecule has 2 nitrogen and oxygen atoms in total.